The van der Waals surface area contributed by atoms with Gasteiger partial charge in [0, 0.05) is 0 Å². The minimum absolute atomic E-state index is 0.367. The molecule has 0 aliphatic carbocycles. The van der Waals surface area contributed by atoms with E-state index in [1.54, 1.807) is 0 Å². The minimum atomic E-state index is -6.00. The SMILES string of the molecule is F[B-](F)(F)F.c1ccc(OCCOCCOCCOc2ccccc2[Se+](c2ccccc2OCCOCCOCCOc2ccccc2)c2ccccc2OCCOCCOCCOc2ccccc2)cc1. The Bertz CT molecular complexity index is 2040. The summed E-state index contributed by atoms with van der Waals surface area (Å²) >= 11 is -2.13. The Balaban J connectivity index is 0.00000183. The summed E-state index contributed by atoms with van der Waals surface area (Å²) in [7, 11) is -6.00. The molecule has 0 radical (unpaired) electrons. The van der Waals surface area contributed by atoms with Gasteiger partial charge in [0.2, 0.25) is 0 Å². The van der Waals surface area contributed by atoms with Gasteiger partial charge >= 0.3 is 300 Å². The van der Waals surface area contributed by atoms with Crippen molar-refractivity contribution >= 4 is 34.5 Å². The Morgan fingerprint density at radius 2 is 0.444 bits per heavy atom. The van der Waals surface area contributed by atoms with Gasteiger partial charge in [0.1, 0.15) is 17.2 Å². The molecule has 0 amide bonds. The average molecular weight is 1070 g/mol. The molecule has 0 N–H and O–H groups in total. The standard InChI is InChI=1S/C54H63O12Se.BF4/c1-4-16-46(17-5-1)61-40-34-55-28-31-58-37-43-64-49-22-10-13-25-52(49)67(53-26-14-11-23-50(53)65-44-38-59-32-29-56-35-41-62-47-18-6-2-7-19-47)54-27-15-12-24-51(54)66-45-39-60-33-30-57-36-42-63-48-20-8-3-9-21-48;2-1(3,4)5/h1-27H,28-45H2;/q+1;-1. The van der Waals surface area contributed by atoms with Gasteiger partial charge in [0.25, 0.3) is 0 Å². The molecule has 6 aromatic carbocycles. The molecule has 12 nitrogen and oxygen atoms in total. The summed E-state index contributed by atoms with van der Waals surface area (Å²) in [6.07, 6.45) is 0. The Morgan fingerprint density at radius 3 is 0.694 bits per heavy atom. The first-order chi connectivity index (χ1) is 35.3. The van der Waals surface area contributed by atoms with E-state index in [0.717, 1.165) is 47.9 Å². The van der Waals surface area contributed by atoms with Gasteiger partial charge in [-0.2, -0.15) is 0 Å². The van der Waals surface area contributed by atoms with E-state index >= 15 is 0 Å². The van der Waals surface area contributed by atoms with Gasteiger partial charge in [-0.25, -0.2) is 0 Å². The zero-order valence-electron chi connectivity index (χ0n) is 40.2. The number of ether oxygens (including phenoxy) is 12. The zero-order valence-corrected chi connectivity index (χ0v) is 41.9. The molecule has 18 heteroatoms. The first kappa shape index (κ1) is 57.1. The predicted octanol–water partition coefficient (Wildman–Crippen LogP) is 7.98. The van der Waals surface area contributed by atoms with Crippen LogP contribution in [0.3, 0.4) is 0 Å². The number of hydrogen-bond donors (Lipinski definition) is 0. The van der Waals surface area contributed by atoms with Crippen molar-refractivity contribution in [1.29, 1.82) is 0 Å². The van der Waals surface area contributed by atoms with Crippen molar-refractivity contribution in [3.63, 3.8) is 0 Å². The van der Waals surface area contributed by atoms with Crippen LogP contribution in [0.25, 0.3) is 0 Å². The third-order valence-electron chi connectivity index (χ3n) is 9.50. The molecule has 0 saturated carbocycles. The van der Waals surface area contributed by atoms with Crippen molar-refractivity contribution in [3.8, 4) is 34.5 Å². The monoisotopic (exact) mass is 1070 g/mol. The second-order valence-corrected chi connectivity index (χ2v) is 18.9. The Morgan fingerprint density at radius 1 is 0.250 bits per heavy atom. The van der Waals surface area contributed by atoms with Gasteiger partial charge in [0.05, 0.1) is 0 Å². The Hall–Kier alpha value is -5.82. The molecule has 0 atom stereocenters. The first-order valence-electron chi connectivity index (χ1n) is 23.6. The molecule has 0 aliphatic rings. The van der Waals surface area contributed by atoms with Crippen molar-refractivity contribution in [2.24, 2.45) is 0 Å². The number of hydrogen-bond acceptors (Lipinski definition) is 12. The van der Waals surface area contributed by atoms with E-state index in [2.05, 4.69) is 36.4 Å². The van der Waals surface area contributed by atoms with Crippen molar-refractivity contribution in [1.82, 2.24) is 0 Å². The van der Waals surface area contributed by atoms with E-state index in [1.165, 1.54) is 0 Å². The summed E-state index contributed by atoms with van der Waals surface area (Å²) < 4.78 is 114. The minimum Gasteiger partial charge on any atom is -0.0620 e. The third-order valence-corrected chi connectivity index (χ3v) is 14.4. The smallest absolute Gasteiger partial charge is 0.0620 e. The van der Waals surface area contributed by atoms with E-state index in [9.17, 15) is 17.3 Å². The fourth-order valence-electron chi connectivity index (χ4n) is 6.37. The number of halogens is 4. The quantitative estimate of drug-likeness (QED) is 0.0216. The number of para-hydroxylation sites is 6. The molecule has 0 saturated heterocycles. The molecule has 0 fully saturated rings. The van der Waals surface area contributed by atoms with E-state index in [4.69, 9.17) is 56.8 Å². The summed E-state index contributed by atoms with van der Waals surface area (Å²) in [5, 5.41) is 0. The molecular weight excluding hydrogens is 1010 g/mol. The van der Waals surface area contributed by atoms with E-state index in [1.807, 2.05) is 127 Å². The normalized spacial score (nSPS) is 11.1. The van der Waals surface area contributed by atoms with Gasteiger partial charge < -0.3 is 17.3 Å². The van der Waals surface area contributed by atoms with Crippen molar-refractivity contribution in [2.45, 2.75) is 0 Å². The molecule has 0 heterocycles. The summed E-state index contributed by atoms with van der Waals surface area (Å²) in [6, 6.07) is 53.7. The van der Waals surface area contributed by atoms with E-state index in [0.29, 0.717) is 119 Å². The second-order valence-electron chi connectivity index (χ2n) is 14.8. The summed E-state index contributed by atoms with van der Waals surface area (Å²) in [5.74, 6) is 4.82. The molecule has 388 valence electrons. The Labute approximate surface area is 424 Å². The fourth-order valence-corrected chi connectivity index (χ4v) is 11.3. The molecule has 0 unspecified atom stereocenters. The van der Waals surface area contributed by atoms with Crippen molar-refractivity contribution < 1.29 is 74.1 Å². The summed E-state index contributed by atoms with van der Waals surface area (Å²) in [6.45, 7) is 7.90. The summed E-state index contributed by atoms with van der Waals surface area (Å²) in [4.78, 5) is 0. The van der Waals surface area contributed by atoms with Crippen LogP contribution in [0.2, 0.25) is 0 Å². The molecule has 0 bridgehead atoms. The third kappa shape index (κ3) is 24.5. The molecule has 0 aromatic heterocycles. The molecule has 0 aliphatic heterocycles. The van der Waals surface area contributed by atoms with Crippen LogP contribution >= 0.6 is 0 Å². The number of rotatable bonds is 36. The van der Waals surface area contributed by atoms with Gasteiger partial charge in [-0.1, -0.05) is 54.6 Å². The van der Waals surface area contributed by atoms with Gasteiger partial charge in [-0.3, -0.25) is 0 Å². The van der Waals surface area contributed by atoms with Gasteiger partial charge in [-0.15, -0.1) is 0 Å². The van der Waals surface area contributed by atoms with Crippen LogP contribution in [-0.4, -0.2) is 140 Å². The zero-order chi connectivity index (χ0) is 50.6. The molecule has 0 spiro atoms. The fraction of sp³-hybridized carbons (Fsp3) is 0.333. The van der Waals surface area contributed by atoms with Crippen LogP contribution < -0.4 is 41.8 Å². The van der Waals surface area contributed by atoms with Gasteiger partial charge in [0.15, 0.2) is 0 Å². The van der Waals surface area contributed by atoms with E-state index in [-0.39, 0.29) is 0 Å². The maximum atomic E-state index is 9.75. The van der Waals surface area contributed by atoms with Crippen LogP contribution in [0.1, 0.15) is 0 Å². The molecular formula is C54H63BF4O12Se. The predicted molar refractivity (Wildman–Crippen MR) is 271 cm³/mol. The summed E-state index contributed by atoms with van der Waals surface area (Å²) in [5.41, 5.74) is 0. The van der Waals surface area contributed by atoms with E-state index < -0.39 is 21.2 Å². The van der Waals surface area contributed by atoms with Crippen molar-refractivity contribution in [3.05, 3.63) is 164 Å². The van der Waals surface area contributed by atoms with Gasteiger partial charge in [-0.05, 0) is 36.4 Å². The molecule has 6 aromatic rings. The number of benzene rings is 6. The first-order valence-corrected chi connectivity index (χ1v) is 26.2. The molecule has 6 rings (SSSR count). The Kier molecular flexibility index (Phi) is 28.0. The van der Waals surface area contributed by atoms with Crippen LogP contribution in [0.15, 0.2) is 164 Å². The average Bonchev–Trinajstić information content (AvgIpc) is 3.39. The van der Waals surface area contributed by atoms with Crippen LogP contribution in [-0.2, 0) is 28.4 Å². The van der Waals surface area contributed by atoms with Crippen LogP contribution in [0, 0.1) is 0 Å². The van der Waals surface area contributed by atoms with Crippen LogP contribution in [0.5, 0.6) is 34.5 Å². The van der Waals surface area contributed by atoms with Crippen molar-refractivity contribution in [2.75, 3.05) is 119 Å². The second kappa shape index (κ2) is 35.3. The maximum absolute atomic E-state index is 9.75. The van der Waals surface area contributed by atoms with Crippen LogP contribution in [0.4, 0.5) is 17.3 Å². The topological polar surface area (TPSA) is 111 Å². The molecule has 72 heavy (non-hydrogen) atoms.